The number of imidazole rings is 1. The second-order valence-electron chi connectivity index (χ2n) is 6.71. The molecule has 0 saturated carbocycles. The number of hydrogen-bond donors (Lipinski definition) is 2. The molecule has 1 aromatic heterocycles. The molecule has 1 aliphatic rings. The van der Waals surface area contributed by atoms with Crippen molar-refractivity contribution < 1.29 is 9.59 Å². The molecule has 26 heavy (non-hydrogen) atoms. The second kappa shape index (κ2) is 6.29. The number of fused-ring (bicyclic) bond motifs is 2. The van der Waals surface area contributed by atoms with Crippen molar-refractivity contribution in [1.29, 1.82) is 0 Å². The summed E-state index contributed by atoms with van der Waals surface area (Å²) in [7, 11) is 0. The molecule has 0 aliphatic carbocycles. The molecule has 2 amide bonds. The first-order chi connectivity index (χ1) is 12.6. The lowest BCUT2D eigenvalue weighted by Crippen LogP contribution is -2.45. The molecule has 1 aliphatic heterocycles. The highest BCUT2D eigenvalue weighted by molar-refractivity contribution is 6.00. The Morgan fingerprint density at radius 3 is 2.96 bits per heavy atom. The highest BCUT2D eigenvalue weighted by atomic mass is 16.2. The van der Waals surface area contributed by atoms with E-state index in [2.05, 4.69) is 16.4 Å². The number of aromatic nitrogens is 2. The Morgan fingerprint density at radius 1 is 1.35 bits per heavy atom. The van der Waals surface area contributed by atoms with E-state index in [4.69, 9.17) is 4.98 Å². The molecule has 3 aromatic rings. The van der Waals surface area contributed by atoms with Gasteiger partial charge in [0.2, 0.25) is 12.3 Å². The van der Waals surface area contributed by atoms with Gasteiger partial charge in [0.1, 0.15) is 11.9 Å². The van der Waals surface area contributed by atoms with Crippen molar-refractivity contribution in [2.75, 3.05) is 4.90 Å². The van der Waals surface area contributed by atoms with Crippen molar-refractivity contribution in [3.05, 3.63) is 59.4 Å². The van der Waals surface area contributed by atoms with Crippen LogP contribution in [0.15, 0.2) is 42.5 Å². The summed E-state index contributed by atoms with van der Waals surface area (Å²) in [6, 6.07) is 13.1. The Hall–Kier alpha value is -3.15. The molecule has 0 radical (unpaired) electrons. The summed E-state index contributed by atoms with van der Waals surface area (Å²) in [5.74, 6) is 0.608. The van der Waals surface area contributed by atoms with Gasteiger partial charge in [0.05, 0.1) is 17.1 Å². The maximum Gasteiger partial charge on any atom is 0.249 e. The van der Waals surface area contributed by atoms with Crippen molar-refractivity contribution in [2.45, 2.75) is 32.4 Å². The molecule has 2 heterocycles. The van der Waals surface area contributed by atoms with E-state index in [0.29, 0.717) is 12.8 Å². The van der Waals surface area contributed by atoms with Crippen LogP contribution in [0.4, 0.5) is 5.69 Å². The third kappa shape index (κ3) is 2.63. The molecule has 2 N–H and O–H groups in total. The molecular weight excluding hydrogens is 328 g/mol. The van der Waals surface area contributed by atoms with Crippen LogP contribution < -0.4 is 10.2 Å². The Balaban J connectivity index is 1.78. The van der Waals surface area contributed by atoms with Gasteiger partial charge in [0, 0.05) is 12.1 Å². The third-order valence-electron chi connectivity index (χ3n) is 4.87. The smallest absolute Gasteiger partial charge is 0.249 e. The standard InChI is InChI=1S/C20H20N4O2/c1-12-7-8-15-16(9-12)23-19(22-15)18-10-14-5-3-4-6-17(14)24(18)20(26)13(2)21-11-25/h3-9,11,13,18H,10H2,1-2H3,(H,21,25)(H,22,23). The van der Waals surface area contributed by atoms with E-state index in [1.165, 1.54) is 0 Å². The minimum Gasteiger partial charge on any atom is -0.347 e. The van der Waals surface area contributed by atoms with Crippen LogP contribution in [0.3, 0.4) is 0 Å². The monoisotopic (exact) mass is 348 g/mol. The average Bonchev–Trinajstić information content (AvgIpc) is 3.21. The fraction of sp³-hybridized carbons (Fsp3) is 0.250. The van der Waals surface area contributed by atoms with Crippen LogP contribution >= 0.6 is 0 Å². The first-order valence-electron chi connectivity index (χ1n) is 8.65. The van der Waals surface area contributed by atoms with Gasteiger partial charge in [-0.15, -0.1) is 0 Å². The molecule has 2 unspecified atom stereocenters. The number of carbonyl (C=O) groups excluding carboxylic acids is 2. The zero-order valence-electron chi connectivity index (χ0n) is 14.7. The van der Waals surface area contributed by atoms with Gasteiger partial charge < -0.3 is 10.3 Å². The number of benzene rings is 2. The first-order valence-corrected chi connectivity index (χ1v) is 8.65. The molecular formula is C20H20N4O2. The Morgan fingerprint density at radius 2 is 2.15 bits per heavy atom. The summed E-state index contributed by atoms with van der Waals surface area (Å²) in [5.41, 5.74) is 4.97. The van der Waals surface area contributed by atoms with Crippen LogP contribution in [0.25, 0.3) is 11.0 Å². The minimum atomic E-state index is -0.604. The van der Waals surface area contributed by atoms with Gasteiger partial charge in [0.25, 0.3) is 0 Å². The lowest BCUT2D eigenvalue weighted by atomic mass is 10.1. The molecule has 0 bridgehead atoms. The SMILES string of the molecule is Cc1ccc2nc(C3Cc4ccccc4N3C(=O)C(C)NC=O)[nH]c2c1. The molecule has 4 rings (SSSR count). The molecule has 2 atom stereocenters. The lowest BCUT2D eigenvalue weighted by molar-refractivity contribution is -0.123. The normalized spacial score (nSPS) is 17.2. The fourth-order valence-electron chi connectivity index (χ4n) is 3.56. The topological polar surface area (TPSA) is 78.1 Å². The number of H-pyrrole nitrogens is 1. The van der Waals surface area contributed by atoms with Crippen LogP contribution in [0.5, 0.6) is 0 Å². The van der Waals surface area contributed by atoms with E-state index in [0.717, 1.165) is 33.7 Å². The number of amides is 2. The first kappa shape index (κ1) is 16.3. The van der Waals surface area contributed by atoms with E-state index >= 15 is 0 Å². The number of carbonyl (C=O) groups is 2. The molecule has 2 aromatic carbocycles. The summed E-state index contributed by atoms with van der Waals surface area (Å²) in [5, 5.41) is 2.56. The van der Waals surface area contributed by atoms with Gasteiger partial charge in [-0.1, -0.05) is 24.3 Å². The van der Waals surface area contributed by atoms with Crippen molar-refractivity contribution in [2.24, 2.45) is 0 Å². The predicted octanol–water partition coefficient (Wildman–Crippen LogP) is 2.64. The van der Waals surface area contributed by atoms with Crippen LogP contribution in [-0.2, 0) is 16.0 Å². The summed E-state index contributed by atoms with van der Waals surface area (Å²) < 4.78 is 0. The van der Waals surface area contributed by atoms with Crippen LogP contribution in [-0.4, -0.2) is 28.3 Å². The van der Waals surface area contributed by atoms with Gasteiger partial charge >= 0.3 is 0 Å². The van der Waals surface area contributed by atoms with Gasteiger partial charge in [0.15, 0.2) is 0 Å². The molecule has 132 valence electrons. The van der Waals surface area contributed by atoms with E-state index in [1.807, 2.05) is 43.3 Å². The number of nitrogens with one attached hydrogen (secondary N) is 2. The number of nitrogens with zero attached hydrogens (tertiary/aromatic N) is 2. The Labute approximate surface area is 151 Å². The van der Waals surface area contributed by atoms with Crippen molar-refractivity contribution in [1.82, 2.24) is 15.3 Å². The number of aromatic amines is 1. The maximum atomic E-state index is 13.0. The number of anilines is 1. The maximum absolute atomic E-state index is 13.0. The van der Waals surface area contributed by atoms with Gasteiger partial charge in [-0.05, 0) is 43.2 Å². The number of hydrogen-bond acceptors (Lipinski definition) is 3. The third-order valence-corrected chi connectivity index (χ3v) is 4.87. The molecule has 0 saturated heterocycles. The second-order valence-corrected chi connectivity index (χ2v) is 6.71. The quantitative estimate of drug-likeness (QED) is 0.712. The minimum absolute atomic E-state index is 0.149. The number of aryl methyl sites for hydroxylation is 1. The molecule has 0 fully saturated rings. The molecule has 0 spiro atoms. The zero-order chi connectivity index (χ0) is 18.3. The van der Waals surface area contributed by atoms with Crippen molar-refractivity contribution in [3.63, 3.8) is 0 Å². The zero-order valence-corrected chi connectivity index (χ0v) is 14.7. The van der Waals surface area contributed by atoms with E-state index in [9.17, 15) is 9.59 Å². The Bertz CT molecular complexity index is 994. The van der Waals surface area contributed by atoms with Crippen molar-refractivity contribution >= 4 is 29.0 Å². The summed E-state index contributed by atoms with van der Waals surface area (Å²) >= 11 is 0. The van der Waals surface area contributed by atoms with Gasteiger partial charge in [-0.25, -0.2) is 4.98 Å². The fourth-order valence-corrected chi connectivity index (χ4v) is 3.56. The van der Waals surface area contributed by atoms with E-state index in [1.54, 1.807) is 11.8 Å². The molecule has 6 nitrogen and oxygen atoms in total. The number of rotatable bonds is 4. The van der Waals surface area contributed by atoms with Gasteiger partial charge in [-0.3, -0.25) is 14.5 Å². The van der Waals surface area contributed by atoms with Crippen LogP contribution in [0, 0.1) is 6.92 Å². The van der Waals surface area contributed by atoms with Crippen LogP contribution in [0.1, 0.15) is 29.9 Å². The highest BCUT2D eigenvalue weighted by Crippen LogP contribution is 2.40. The lowest BCUT2D eigenvalue weighted by Gasteiger charge is -2.27. The predicted molar refractivity (Wildman–Crippen MR) is 99.9 cm³/mol. The molecule has 6 heteroatoms. The summed E-state index contributed by atoms with van der Waals surface area (Å²) in [6.07, 6.45) is 1.25. The summed E-state index contributed by atoms with van der Waals surface area (Å²) in [4.78, 5) is 33.6. The number of para-hydroxylation sites is 1. The van der Waals surface area contributed by atoms with Crippen molar-refractivity contribution in [3.8, 4) is 0 Å². The largest absolute Gasteiger partial charge is 0.347 e. The van der Waals surface area contributed by atoms with E-state index in [-0.39, 0.29) is 11.9 Å². The van der Waals surface area contributed by atoms with Gasteiger partial charge in [-0.2, -0.15) is 0 Å². The Kier molecular flexibility index (Phi) is 3.95. The summed E-state index contributed by atoms with van der Waals surface area (Å²) in [6.45, 7) is 3.73. The van der Waals surface area contributed by atoms with Crippen LogP contribution in [0.2, 0.25) is 0 Å². The average molecular weight is 348 g/mol. The van der Waals surface area contributed by atoms with E-state index < -0.39 is 6.04 Å². The highest BCUT2D eigenvalue weighted by Gasteiger charge is 2.38.